The zero-order valence-electron chi connectivity index (χ0n) is 11.6. The molecule has 0 aliphatic carbocycles. The maximum absolute atomic E-state index is 12.1. The first-order valence-electron chi connectivity index (χ1n) is 6.65. The predicted octanol–water partition coefficient (Wildman–Crippen LogP) is 2.31. The molecule has 1 amide bonds. The molecule has 7 heteroatoms. The van der Waals surface area contributed by atoms with Crippen molar-refractivity contribution in [3.05, 3.63) is 28.3 Å². The van der Waals surface area contributed by atoms with Gasteiger partial charge in [-0.3, -0.25) is 4.79 Å². The maximum atomic E-state index is 12.1. The Labute approximate surface area is 130 Å². The Balaban J connectivity index is 1.64. The molecule has 0 spiro atoms. The highest BCUT2D eigenvalue weighted by atomic mass is 32.2. The number of furan rings is 1. The number of nitrogens with zero attached hydrogens (tertiary/aromatic N) is 1. The van der Waals surface area contributed by atoms with Crippen molar-refractivity contribution in [3.8, 4) is 11.5 Å². The molecule has 1 fully saturated rings. The van der Waals surface area contributed by atoms with Crippen molar-refractivity contribution >= 4 is 29.0 Å². The summed E-state index contributed by atoms with van der Waals surface area (Å²) < 4.78 is 5.40. The van der Waals surface area contributed by atoms with Crippen LogP contribution in [-0.4, -0.2) is 39.6 Å². The van der Waals surface area contributed by atoms with Gasteiger partial charge in [-0.1, -0.05) is 0 Å². The van der Waals surface area contributed by atoms with Gasteiger partial charge in [-0.25, -0.2) is 4.98 Å². The molecule has 1 atom stereocenters. The molecule has 1 unspecified atom stereocenters. The normalized spacial score (nSPS) is 21.6. The van der Waals surface area contributed by atoms with Crippen molar-refractivity contribution in [1.82, 2.24) is 10.3 Å². The molecule has 112 valence electrons. The number of thiazole rings is 1. The van der Waals surface area contributed by atoms with E-state index in [-0.39, 0.29) is 12.5 Å². The highest BCUT2D eigenvalue weighted by molar-refractivity contribution is 7.99. The summed E-state index contributed by atoms with van der Waals surface area (Å²) in [6, 6.07) is 1.68. The lowest BCUT2D eigenvalue weighted by atomic mass is 10.0. The van der Waals surface area contributed by atoms with Gasteiger partial charge in [0.15, 0.2) is 5.76 Å². The van der Waals surface area contributed by atoms with Crippen molar-refractivity contribution in [3.63, 3.8) is 0 Å². The number of aromatic nitrogens is 1. The molecular formula is C14H16N2O3S2. The number of rotatable bonds is 4. The minimum atomic E-state index is -0.779. The molecule has 2 aromatic heterocycles. The van der Waals surface area contributed by atoms with E-state index in [1.54, 1.807) is 17.8 Å². The molecule has 2 aromatic rings. The highest BCUT2D eigenvalue weighted by Gasteiger charge is 2.32. The maximum Gasteiger partial charge on any atom is 0.254 e. The van der Waals surface area contributed by atoms with Crippen LogP contribution in [-0.2, 0) is 0 Å². The number of aryl methyl sites for hydroxylation is 1. The summed E-state index contributed by atoms with van der Waals surface area (Å²) in [5.74, 6) is 1.95. The number of carbonyl (C=O) groups is 1. The first kappa shape index (κ1) is 14.6. The summed E-state index contributed by atoms with van der Waals surface area (Å²) in [7, 11) is 0. The monoisotopic (exact) mass is 324 g/mol. The summed E-state index contributed by atoms with van der Waals surface area (Å²) >= 11 is 3.24. The van der Waals surface area contributed by atoms with Crippen LogP contribution in [0.4, 0.5) is 0 Å². The van der Waals surface area contributed by atoms with Gasteiger partial charge >= 0.3 is 0 Å². The van der Waals surface area contributed by atoms with Crippen molar-refractivity contribution in [2.24, 2.45) is 0 Å². The summed E-state index contributed by atoms with van der Waals surface area (Å²) in [5, 5.41) is 15.8. The second-order valence-electron chi connectivity index (χ2n) is 5.16. The molecule has 5 nitrogen and oxygen atoms in total. The zero-order valence-corrected chi connectivity index (χ0v) is 13.2. The molecule has 0 saturated carbocycles. The molecule has 0 aromatic carbocycles. The van der Waals surface area contributed by atoms with Gasteiger partial charge in [-0.05, 0) is 25.2 Å². The van der Waals surface area contributed by atoms with Gasteiger partial charge < -0.3 is 14.8 Å². The Morgan fingerprint density at radius 1 is 1.62 bits per heavy atom. The van der Waals surface area contributed by atoms with Crippen molar-refractivity contribution in [2.45, 2.75) is 18.9 Å². The summed E-state index contributed by atoms with van der Waals surface area (Å²) in [5.41, 5.74) is 0.408. The molecule has 3 rings (SSSR count). The van der Waals surface area contributed by atoms with E-state index in [1.165, 1.54) is 17.6 Å². The van der Waals surface area contributed by atoms with Gasteiger partial charge in [0.1, 0.15) is 12.0 Å². The van der Waals surface area contributed by atoms with Crippen LogP contribution in [0, 0.1) is 6.92 Å². The van der Waals surface area contributed by atoms with E-state index in [9.17, 15) is 9.90 Å². The molecule has 2 N–H and O–H groups in total. The summed E-state index contributed by atoms with van der Waals surface area (Å²) in [6.45, 7) is 2.19. The van der Waals surface area contributed by atoms with Crippen LogP contribution >= 0.6 is 23.1 Å². The van der Waals surface area contributed by atoms with Crippen molar-refractivity contribution in [2.75, 3.05) is 18.1 Å². The fraction of sp³-hybridized carbons (Fsp3) is 0.429. The Bertz CT molecular complexity index is 644. The van der Waals surface area contributed by atoms with Crippen LogP contribution in [0.2, 0.25) is 0 Å². The Morgan fingerprint density at radius 3 is 3.14 bits per heavy atom. The predicted molar refractivity (Wildman–Crippen MR) is 83.8 cm³/mol. The molecule has 1 aliphatic heterocycles. The number of amides is 1. The highest BCUT2D eigenvalue weighted by Crippen LogP contribution is 2.27. The molecule has 3 heterocycles. The lowest BCUT2D eigenvalue weighted by Crippen LogP contribution is -2.42. The number of hydrogen-bond acceptors (Lipinski definition) is 6. The van der Waals surface area contributed by atoms with Crippen LogP contribution in [0.15, 0.2) is 22.1 Å². The first-order valence-corrected chi connectivity index (χ1v) is 8.69. The lowest BCUT2D eigenvalue weighted by molar-refractivity contribution is 0.0612. The topological polar surface area (TPSA) is 75.4 Å². The Hall–Kier alpha value is -1.31. The van der Waals surface area contributed by atoms with E-state index >= 15 is 0 Å². The van der Waals surface area contributed by atoms with Gasteiger partial charge in [0.05, 0.1) is 16.2 Å². The molecular weight excluding hydrogens is 308 g/mol. The van der Waals surface area contributed by atoms with Crippen LogP contribution < -0.4 is 5.32 Å². The SMILES string of the molecule is Cc1nc(-c2cc(C(=O)NCC3(O)CCSC3)co2)cs1. The summed E-state index contributed by atoms with van der Waals surface area (Å²) in [6.07, 6.45) is 2.14. The van der Waals surface area contributed by atoms with Gasteiger partial charge in [0.2, 0.25) is 0 Å². The third-order valence-corrected chi connectivity index (χ3v) is 5.40. The zero-order chi connectivity index (χ0) is 14.9. The van der Waals surface area contributed by atoms with E-state index in [2.05, 4.69) is 10.3 Å². The largest absolute Gasteiger partial charge is 0.462 e. The molecule has 0 radical (unpaired) electrons. The van der Waals surface area contributed by atoms with Gasteiger partial charge in [0, 0.05) is 17.7 Å². The van der Waals surface area contributed by atoms with E-state index < -0.39 is 5.60 Å². The van der Waals surface area contributed by atoms with Crippen LogP contribution in [0.25, 0.3) is 11.5 Å². The fourth-order valence-electron chi connectivity index (χ4n) is 2.15. The number of aliphatic hydroxyl groups is 1. The first-order chi connectivity index (χ1) is 10.1. The van der Waals surface area contributed by atoms with E-state index in [0.717, 1.165) is 16.5 Å². The van der Waals surface area contributed by atoms with Crippen LogP contribution in [0.1, 0.15) is 21.8 Å². The molecule has 21 heavy (non-hydrogen) atoms. The van der Waals surface area contributed by atoms with E-state index in [4.69, 9.17) is 4.42 Å². The quantitative estimate of drug-likeness (QED) is 0.902. The fourth-order valence-corrected chi connectivity index (χ4v) is 4.05. The Kier molecular flexibility index (Phi) is 4.05. The van der Waals surface area contributed by atoms with Crippen LogP contribution in [0.5, 0.6) is 0 Å². The van der Waals surface area contributed by atoms with Crippen LogP contribution in [0.3, 0.4) is 0 Å². The minimum absolute atomic E-state index is 0.234. The van der Waals surface area contributed by atoms with Gasteiger partial charge in [-0.15, -0.1) is 11.3 Å². The third kappa shape index (κ3) is 3.30. The summed E-state index contributed by atoms with van der Waals surface area (Å²) in [4.78, 5) is 16.4. The minimum Gasteiger partial charge on any atom is -0.462 e. The van der Waals surface area contributed by atoms with Gasteiger partial charge in [-0.2, -0.15) is 11.8 Å². The third-order valence-electron chi connectivity index (χ3n) is 3.39. The van der Waals surface area contributed by atoms with Crippen molar-refractivity contribution in [1.29, 1.82) is 0 Å². The number of carbonyl (C=O) groups excluding carboxylic acids is 1. The average Bonchev–Trinajstić information content (AvgIpc) is 3.16. The molecule has 1 aliphatic rings. The smallest absolute Gasteiger partial charge is 0.254 e. The number of thioether (sulfide) groups is 1. The molecule has 0 bridgehead atoms. The van der Waals surface area contributed by atoms with E-state index in [1.807, 2.05) is 12.3 Å². The van der Waals surface area contributed by atoms with E-state index in [0.29, 0.717) is 23.5 Å². The Morgan fingerprint density at radius 2 is 2.48 bits per heavy atom. The standard InChI is InChI=1S/C14H16N2O3S2/c1-9-16-11(6-21-9)12-4-10(5-19-12)13(17)15-7-14(18)2-3-20-8-14/h4-6,18H,2-3,7-8H2,1H3,(H,15,17). The number of hydrogen-bond donors (Lipinski definition) is 2. The second kappa shape index (κ2) is 5.82. The average molecular weight is 324 g/mol. The second-order valence-corrected chi connectivity index (χ2v) is 7.33. The number of nitrogens with one attached hydrogen (secondary N) is 1. The molecule has 1 saturated heterocycles. The van der Waals surface area contributed by atoms with Gasteiger partial charge in [0.25, 0.3) is 5.91 Å². The lowest BCUT2D eigenvalue weighted by Gasteiger charge is -2.21. The van der Waals surface area contributed by atoms with Crippen molar-refractivity contribution < 1.29 is 14.3 Å².